The molecule has 2 heteroatoms. The summed E-state index contributed by atoms with van der Waals surface area (Å²) >= 11 is 0. The molecule has 2 aromatic heterocycles. The SMILES string of the molecule is c1ccc2c(c1)oc1c3c(ccc12)Cc1ccc2c(oc4ccccc42)c1-3. The molecular weight excluding hydrogens is 332 g/mol. The van der Waals surface area contributed by atoms with Crippen molar-refractivity contribution in [3.05, 3.63) is 83.9 Å². The van der Waals surface area contributed by atoms with Crippen LogP contribution in [0.2, 0.25) is 0 Å². The summed E-state index contributed by atoms with van der Waals surface area (Å²) in [5.74, 6) is 0. The summed E-state index contributed by atoms with van der Waals surface area (Å²) in [5, 5.41) is 4.68. The Kier molecular flexibility index (Phi) is 2.33. The smallest absolute Gasteiger partial charge is 0.143 e. The molecule has 0 saturated heterocycles. The molecule has 1 aliphatic carbocycles. The first-order valence-corrected chi connectivity index (χ1v) is 9.25. The molecule has 0 atom stereocenters. The molecule has 6 aromatic rings. The number of benzene rings is 4. The molecule has 0 aliphatic heterocycles. The highest BCUT2D eigenvalue weighted by atomic mass is 16.3. The number of hydrogen-bond donors (Lipinski definition) is 0. The zero-order chi connectivity index (χ0) is 17.5. The maximum atomic E-state index is 6.33. The van der Waals surface area contributed by atoms with Crippen LogP contribution in [0, 0.1) is 0 Å². The molecule has 126 valence electrons. The van der Waals surface area contributed by atoms with E-state index in [0.29, 0.717) is 0 Å². The standard InChI is InChI=1S/C25H14O2/c1-3-7-20-16(5-1)18-11-9-14-13-15-10-12-19-17-6-2-4-8-21(17)27-25(19)23(15)22(14)24(18)26-20/h1-12H,13H2. The fraction of sp³-hybridized carbons (Fsp3) is 0.0400. The number of para-hydroxylation sites is 2. The second-order valence-corrected chi connectivity index (χ2v) is 7.33. The summed E-state index contributed by atoms with van der Waals surface area (Å²) in [6, 6.07) is 25.4. The van der Waals surface area contributed by atoms with E-state index in [0.717, 1.165) is 28.8 Å². The molecule has 0 spiro atoms. The lowest BCUT2D eigenvalue weighted by molar-refractivity contribution is 0.665. The lowest BCUT2D eigenvalue weighted by Gasteiger charge is -2.03. The molecule has 27 heavy (non-hydrogen) atoms. The van der Waals surface area contributed by atoms with Gasteiger partial charge in [0.05, 0.1) is 0 Å². The maximum Gasteiger partial charge on any atom is 0.143 e. The van der Waals surface area contributed by atoms with E-state index in [1.165, 1.54) is 43.8 Å². The van der Waals surface area contributed by atoms with E-state index in [9.17, 15) is 0 Å². The van der Waals surface area contributed by atoms with Gasteiger partial charge in [-0.25, -0.2) is 0 Å². The summed E-state index contributed by atoms with van der Waals surface area (Å²) in [6.07, 6.45) is 0.921. The van der Waals surface area contributed by atoms with Gasteiger partial charge in [-0.15, -0.1) is 0 Å². The van der Waals surface area contributed by atoms with Crippen LogP contribution in [-0.2, 0) is 6.42 Å². The van der Waals surface area contributed by atoms with E-state index >= 15 is 0 Å². The van der Waals surface area contributed by atoms with Crippen LogP contribution in [0.5, 0.6) is 0 Å². The van der Waals surface area contributed by atoms with Crippen LogP contribution in [0.25, 0.3) is 55.0 Å². The summed E-state index contributed by atoms with van der Waals surface area (Å²) in [6.45, 7) is 0. The Bertz CT molecular complexity index is 1430. The summed E-state index contributed by atoms with van der Waals surface area (Å²) in [5.41, 5.74) is 8.83. The van der Waals surface area contributed by atoms with Crippen LogP contribution in [0.4, 0.5) is 0 Å². The Morgan fingerprint density at radius 2 is 0.963 bits per heavy atom. The first-order chi connectivity index (χ1) is 13.4. The Morgan fingerprint density at radius 1 is 0.481 bits per heavy atom. The van der Waals surface area contributed by atoms with Crippen LogP contribution in [0.3, 0.4) is 0 Å². The van der Waals surface area contributed by atoms with Crippen molar-refractivity contribution in [2.24, 2.45) is 0 Å². The number of fused-ring (bicyclic) bond motifs is 11. The summed E-state index contributed by atoms with van der Waals surface area (Å²) in [7, 11) is 0. The van der Waals surface area contributed by atoms with Crippen molar-refractivity contribution in [1.82, 2.24) is 0 Å². The third-order valence-corrected chi connectivity index (χ3v) is 5.90. The van der Waals surface area contributed by atoms with Gasteiger partial charge >= 0.3 is 0 Å². The monoisotopic (exact) mass is 346 g/mol. The molecule has 2 heterocycles. The Labute approximate surface area is 154 Å². The molecule has 0 amide bonds. The molecule has 7 rings (SSSR count). The van der Waals surface area contributed by atoms with E-state index in [1.807, 2.05) is 24.3 Å². The molecule has 1 aliphatic rings. The minimum Gasteiger partial charge on any atom is -0.455 e. The van der Waals surface area contributed by atoms with E-state index in [4.69, 9.17) is 8.83 Å². The Balaban J connectivity index is 1.69. The Morgan fingerprint density at radius 3 is 1.48 bits per heavy atom. The van der Waals surface area contributed by atoms with Crippen LogP contribution in [-0.4, -0.2) is 0 Å². The minimum atomic E-state index is 0.921. The second kappa shape index (κ2) is 4.60. The zero-order valence-electron chi connectivity index (χ0n) is 14.5. The van der Waals surface area contributed by atoms with E-state index in [-0.39, 0.29) is 0 Å². The predicted octanol–water partition coefficient (Wildman–Crippen LogP) is 7.06. The van der Waals surface area contributed by atoms with Gasteiger partial charge in [-0.05, 0) is 29.7 Å². The second-order valence-electron chi connectivity index (χ2n) is 7.33. The van der Waals surface area contributed by atoms with E-state index in [2.05, 4.69) is 48.5 Å². The van der Waals surface area contributed by atoms with Gasteiger partial charge in [0.15, 0.2) is 0 Å². The molecule has 0 saturated carbocycles. The Hall–Kier alpha value is -3.52. The van der Waals surface area contributed by atoms with Gasteiger partial charge in [0.25, 0.3) is 0 Å². The quantitative estimate of drug-likeness (QED) is 0.294. The highest BCUT2D eigenvalue weighted by molar-refractivity contribution is 6.17. The largest absolute Gasteiger partial charge is 0.455 e. The topological polar surface area (TPSA) is 26.3 Å². The molecule has 4 aromatic carbocycles. The van der Waals surface area contributed by atoms with Crippen molar-refractivity contribution in [2.75, 3.05) is 0 Å². The van der Waals surface area contributed by atoms with Gasteiger partial charge in [-0.2, -0.15) is 0 Å². The lowest BCUT2D eigenvalue weighted by atomic mass is 10.00. The van der Waals surface area contributed by atoms with Crippen molar-refractivity contribution < 1.29 is 8.83 Å². The number of rotatable bonds is 0. The van der Waals surface area contributed by atoms with Gasteiger partial charge in [-0.1, -0.05) is 60.7 Å². The van der Waals surface area contributed by atoms with Crippen LogP contribution in [0.15, 0.2) is 81.6 Å². The molecule has 0 unspecified atom stereocenters. The predicted molar refractivity (Wildman–Crippen MR) is 109 cm³/mol. The van der Waals surface area contributed by atoms with Gasteiger partial charge in [0.1, 0.15) is 22.3 Å². The number of furan rings is 2. The summed E-state index contributed by atoms with van der Waals surface area (Å²) < 4.78 is 12.7. The molecular formula is C25H14O2. The average molecular weight is 346 g/mol. The highest BCUT2D eigenvalue weighted by Gasteiger charge is 2.27. The highest BCUT2D eigenvalue weighted by Crippen LogP contribution is 2.48. The molecule has 0 bridgehead atoms. The first kappa shape index (κ1) is 13.7. The fourth-order valence-electron chi connectivity index (χ4n) is 4.71. The fourth-order valence-corrected chi connectivity index (χ4v) is 4.71. The molecule has 0 N–H and O–H groups in total. The normalized spacial score (nSPS) is 13.0. The van der Waals surface area contributed by atoms with Gasteiger partial charge in [-0.3, -0.25) is 0 Å². The maximum absolute atomic E-state index is 6.33. The summed E-state index contributed by atoms with van der Waals surface area (Å²) in [4.78, 5) is 0. The van der Waals surface area contributed by atoms with Crippen molar-refractivity contribution in [1.29, 1.82) is 0 Å². The number of hydrogen-bond acceptors (Lipinski definition) is 2. The first-order valence-electron chi connectivity index (χ1n) is 9.25. The lowest BCUT2D eigenvalue weighted by Crippen LogP contribution is -1.80. The molecule has 0 radical (unpaired) electrons. The van der Waals surface area contributed by atoms with Gasteiger partial charge in [0.2, 0.25) is 0 Å². The van der Waals surface area contributed by atoms with Crippen molar-refractivity contribution in [3.63, 3.8) is 0 Å². The molecule has 2 nitrogen and oxygen atoms in total. The third-order valence-electron chi connectivity index (χ3n) is 5.90. The van der Waals surface area contributed by atoms with Crippen LogP contribution in [0.1, 0.15) is 11.1 Å². The van der Waals surface area contributed by atoms with E-state index < -0.39 is 0 Å². The molecule has 0 fully saturated rings. The zero-order valence-corrected chi connectivity index (χ0v) is 14.5. The van der Waals surface area contributed by atoms with Crippen LogP contribution < -0.4 is 0 Å². The minimum absolute atomic E-state index is 0.921. The van der Waals surface area contributed by atoms with Gasteiger partial charge in [0, 0.05) is 32.7 Å². The average Bonchev–Trinajstić information content (AvgIpc) is 3.37. The third kappa shape index (κ3) is 1.61. The van der Waals surface area contributed by atoms with Crippen molar-refractivity contribution in [2.45, 2.75) is 6.42 Å². The van der Waals surface area contributed by atoms with Crippen LogP contribution >= 0.6 is 0 Å². The van der Waals surface area contributed by atoms with E-state index in [1.54, 1.807) is 0 Å². The van der Waals surface area contributed by atoms with Crippen molar-refractivity contribution in [3.8, 4) is 11.1 Å². The van der Waals surface area contributed by atoms with Crippen molar-refractivity contribution >= 4 is 43.9 Å². The van der Waals surface area contributed by atoms with Gasteiger partial charge < -0.3 is 8.83 Å².